The van der Waals surface area contributed by atoms with E-state index in [1.54, 1.807) is 13.8 Å². The largest absolute Gasteiger partial charge is 0.480 e. The lowest BCUT2D eigenvalue weighted by Crippen LogP contribution is -2.52. The Morgan fingerprint density at radius 1 is 0.575 bits per heavy atom. The zero-order valence-electron chi connectivity index (χ0n) is 24.9. The molecule has 0 aromatic carbocycles. The molecule has 4 amide bonds. The third-order valence-corrected chi connectivity index (χ3v) is 5.39. The minimum Gasteiger partial charge on any atom is -0.480 e. The van der Waals surface area contributed by atoms with Crippen molar-refractivity contribution in [2.45, 2.75) is 110 Å². The molecule has 13 nitrogen and oxygen atoms in total. The van der Waals surface area contributed by atoms with Gasteiger partial charge in [-0.3, -0.25) is 19.2 Å². The van der Waals surface area contributed by atoms with E-state index < -0.39 is 29.9 Å². The van der Waals surface area contributed by atoms with Gasteiger partial charge in [-0.2, -0.15) is 0 Å². The SMILES string of the molecule is CC(C)OCC(=O)NCCCCC(NC(=O)C(CCCCNC(=O)COC(C)C)NC(=O)COC(C)C)C(=O)O. The fourth-order valence-electron chi connectivity index (χ4n) is 3.27. The first-order valence-corrected chi connectivity index (χ1v) is 14.0. The highest BCUT2D eigenvalue weighted by Gasteiger charge is 2.26. The van der Waals surface area contributed by atoms with Crippen LogP contribution in [0, 0.1) is 0 Å². The summed E-state index contributed by atoms with van der Waals surface area (Å²) in [4.78, 5) is 60.5. The van der Waals surface area contributed by atoms with E-state index >= 15 is 0 Å². The predicted molar refractivity (Wildman–Crippen MR) is 148 cm³/mol. The van der Waals surface area contributed by atoms with Crippen molar-refractivity contribution in [1.82, 2.24) is 21.3 Å². The van der Waals surface area contributed by atoms with Crippen LogP contribution < -0.4 is 21.3 Å². The fraction of sp³-hybridized carbons (Fsp3) is 0.815. The Morgan fingerprint density at radius 3 is 1.38 bits per heavy atom. The van der Waals surface area contributed by atoms with Gasteiger partial charge in [0.05, 0.1) is 18.3 Å². The highest BCUT2D eigenvalue weighted by Crippen LogP contribution is 2.06. The summed E-state index contributed by atoms with van der Waals surface area (Å²) < 4.78 is 15.8. The molecule has 0 aliphatic heterocycles. The smallest absolute Gasteiger partial charge is 0.326 e. The number of hydrogen-bond acceptors (Lipinski definition) is 8. The van der Waals surface area contributed by atoms with Crippen LogP contribution >= 0.6 is 0 Å². The number of aliphatic carboxylic acids is 1. The number of carboxylic acids is 1. The van der Waals surface area contributed by atoms with E-state index in [0.717, 1.165) is 0 Å². The Labute approximate surface area is 237 Å². The van der Waals surface area contributed by atoms with Crippen LogP contribution in [0.2, 0.25) is 0 Å². The predicted octanol–water partition coefficient (Wildman–Crippen LogP) is 0.889. The number of amides is 4. The molecule has 0 fully saturated rings. The minimum absolute atomic E-state index is 0.0376. The van der Waals surface area contributed by atoms with E-state index in [-0.39, 0.29) is 62.8 Å². The van der Waals surface area contributed by atoms with Crippen LogP contribution in [0.4, 0.5) is 0 Å². The standard InChI is InChI=1S/C27H50N4O9/c1-18(2)38-15-23(32)28-13-9-7-11-21(30-25(34)17-40-20(5)6)26(35)31-22(27(36)37)12-8-10-14-29-24(33)16-39-19(3)4/h18-22H,7-17H2,1-6H3,(H,28,32)(H,29,33)(H,30,34)(H,31,35)(H,36,37). The molecule has 0 spiro atoms. The molecular weight excluding hydrogens is 524 g/mol. The third kappa shape index (κ3) is 21.1. The van der Waals surface area contributed by atoms with E-state index in [1.807, 2.05) is 27.7 Å². The zero-order chi connectivity index (χ0) is 30.5. The van der Waals surface area contributed by atoms with Crippen LogP contribution in [0.1, 0.15) is 80.1 Å². The van der Waals surface area contributed by atoms with Crippen molar-refractivity contribution in [2.24, 2.45) is 0 Å². The second-order valence-corrected chi connectivity index (χ2v) is 10.3. The molecule has 2 atom stereocenters. The van der Waals surface area contributed by atoms with Crippen LogP contribution in [0.3, 0.4) is 0 Å². The summed E-state index contributed by atoms with van der Waals surface area (Å²) in [5.41, 5.74) is 0. The lowest BCUT2D eigenvalue weighted by molar-refractivity contribution is -0.142. The third-order valence-electron chi connectivity index (χ3n) is 5.39. The van der Waals surface area contributed by atoms with Crippen LogP contribution in [0.5, 0.6) is 0 Å². The number of hydrogen-bond donors (Lipinski definition) is 5. The summed E-state index contributed by atoms with van der Waals surface area (Å²) in [7, 11) is 0. The first kappa shape index (κ1) is 37.2. The summed E-state index contributed by atoms with van der Waals surface area (Å²) >= 11 is 0. The summed E-state index contributed by atoms with van der Waals surface area (Å²) in [5.74, 6) is -2.78. The Hall–Kier alpha value is -2.77. The van der Waals surface area contributed by atoms with Gasteiger partial charge in [-0.05, 0) is 80.1 Å². The Morgan fingerprint density at radius 2 is 0.975 bits per heavy atom. The highest BCUT2D eigenvalue weighted by atomic mass is 16.5. The van der Waals surface area contributed by atoms with Gasteiger partial charge in [0.25, 0.3) is 0 Å². The van der Waals surface area contributed by atoms with Crippen molar-refractivity contribution in [1.29, 1.82) is 0 Å². The molecule has 0 aliphatic carbocycles. The Kier molecular flexibility index (Phi) is 20.5. The average Bonchev–Trinajstić information content (AvgIpc) is 2.87. The molecule has 0 aliphatic rings. The maximum atomic E-state index is 13.0. The Bertz CT molecular complexity index is 775. The molecule has 0 heterocycles. The minimum atomic E-state index is -1.19. The molecule has 0 radical (unpaired) electrons. The number of nitrogens with one attached hydrogen (secondary N) is 4. The van der Waals surface area contributed by atoms with Gasteiger partial charge in [-0.25, -0.2) is 4.79 Å². The number of carbonyl (C=O) groups excluding carboxylic acids is 4. The molecule has 0 aromatic rings. The highest BCUT2D eigenvalue weighted by molar-refractivity contribution is 5.90. The van der Waals surface area contributed by atoms with Gasteiger partial charge < -0.3 is 40.6 Å². The lowest BCUT2D eigenvalue weighted by Gasteiger charge is -2.22. The van der Waals surface area contributed by atoms with Gasteiger partial charge in [-0.15, -0.1) is 0 Å². The number of carboxylic acid groups (broad SMARTS) is 1. The lowest BCUT2D eigenvalue weighted by atomic mass is 10.1. The second-order valence-electron chi connectivity index (χ2n) is 10.3. The molecular formula is C27H50N4O9. The molecule has 5 N–H and O–H groups in total. The van der Waals surface area contributed by atoms with Gasteiger partial charge in [0.2, 0.25) is 23.6 Å². The van der Waals surface area contributed by atoms with E-state index in [4.69, 9.17) is 14.2 Å². The zero-order valence-corrected chi connectivity index (χ0v) is 24.9. The molecule has 232 valence electrons. The van der Waals surface area contributed by atoms with Crippen LogP contribution in [0.15, 0.2) is 0 Å². The summed E-state index contributed by atoms with van der Waals surface area (Å²) in [6.45, 7) is 11.3. The van der Waals surface area contributed by atoms with E-state index in [0.29, 0.717) is 38.8 Å². The molecule has 0 rings (SSSR count). The van der Waals surface area contributed by atoms with E-state index in [2.05, 4.69) is 21.3 Å². The second kappa shape index (κ2) is 22.0. The van der Waals surface area contributed by atoms with Gasteiger partial charge >= 0.3 is 5.97 Å². The van der Waals surface area contributed by atoms with Gasteiger partial charge in [0, 0.05) is 13.1 Å². The average molecular weight is 575 g/mol. The molecule has 2 unspecified atom stereocenters. The number of unbranched alkanes of at least 4 members (excludes halogenated alkanes) is 2. The topological polar surface area (TPSA) is 181 Å². The summed E-state index contributed by atoms with van der Waals surface area (Å²) in [5, 5.41) is 20.2. The summed E-state index contributed by atoms with van der Waals surface area (Å²) in [6.07, 6.45) is 2.12. The number of rotatable bonds is 23. The van der Waals surface area contributed by atoms with Gasteiger partial charge in [0.1, 0.15) is 31.9 Å². The molecule has 0 saturated carbocycles. The molecule has 0 bridgehead atoms. The number of ether oxygens (including phenoxy) is 3. The van der Waals surface area contributed by atoms with E-state index in [1.165, 1.54) is 0 Å². The first-order valence-electron chi connectivity index (χ1n) is 14.0. The summed E-state index contributed by atoms with van der Waals surface area (Å²) in [6, 6.07) is -2.12. The van der Waals surface area contributed by atoms with Crippen LogP contribution in [-0.2, 0) is 38.2 Å². The van der Waals surface area contributed by atoms with Crippen molar-refractivity contribution in [3.63, 3.8) is 0 Å². The molecule has 40 heavy (non-hydrogen) atoms. The van der Waals surface area contributed by atoms with Crippen molar-refractivity contribution in [3.05, 3.63) is 0 Å². The maximum absolute atomic E-state index is 13.0. The normalized spacial score (nSPS) is 12.7. The van der Waals surface area contributed by atoms with Crippen molar-refractivity contribution < 1.29 is 43.3 Å². The molecule has 0 saturated heterocycles. The van der Waals surface area contributed by atoms with Gasteiger partial charge in [0.15, 0.2) is 0 Å². The molecule has 13 heteroatoms. The van der Waals surface area contributed by atoms with Gasteiger partial charge in [-0.1, -0.05) is 0 Å². The fourth-order valence-corrected chi connectivity index (χ4v) is 3.27. The van der Waals surface area contributed by atoms with Crippen molar-refractivity contribution in [3.8, 4) is 0 Å². The monoisotopic (exact) mass is 574 g/mol. The van der Waals surface area contributed by atoms with E-state index in [9.17, 15) is 29.1 Å². The van der Waals surface area contributed by atoms with Crippen LogP contribution in [-0.4, -0.2) is 98.0 Å². The molecule has 0 aromatic heterocycles. The number of carbonyl (C=O) groups is 5. The van der Waals surface area contributed by atoms with Crippen molar-refractivity contribution in [2.75, 3.05) is 32.9 Å². The Balaban J connectivity index is 4.80. The first-order chi connectivity index (χ1) is 18.8. The quantitative estimate of drug-likeness (QED) is 0.111. The van der Waals surface area contributed by atoms with Crippen molar-refractivity contribution >= 4 is 29.6 Å². The van der Waals surface area contributed by atoms with Crippen LogP contribution in [0.25, 0.3) is 0 Å². The maximum Gasteiger partial charge on any atom is 0.326 e.